The maximum Gasteiger partial charge on any atom is 0.304 e. The van der Waals surface area contributed by atoms with Gasteiger partial charge in [-0.05, 0) is 40.9 Å². The van der Waals surface area contributed by atoms with Crippen LogP contribution in [0.5, 0.6) is 0 Å². The summed E-state index contributed by atoms with van der Waals surface area (Å²) < 4.78 is 3.03. The smallest absolute Gasteiger partial charge is 0.304 e. The van der Waals surface area contributed by atoms with E-state index >= 15 is 0 Å². The monoisotopic (exact) mass is 339 g/mol. The van der Waals surface area contributed by atoms with Crippen molar-refractivity contribution in [3.05, 3.63) is 34.2 Å². The molecular weight excluding hydrogens is 322 g/mol. The Kier molecular flexibility index (Phi) is 4.77. The fourth-order valence-corrected chi connectivity index (χ4v) is 2.76. The molecule has 2 N–H and O–H groups in total. The van der Waals surface area contributed by atoms with Gasteiger partial charge in [-0.15, -0.1) is 0 Å². The SMILES string of the molecule is CC[C@@H](CC(=O)O)NCc1cnc2c(C)cc(Br)cn12. The van der Waals surface area contributed by atoms with Crippen LogP contribution in [0.4, 0.5) is 0 Å². The largest absolute Gasteiger partial charge is 0.481 e. The minimum Gasteiger partial charge on any atom is -0.481 e. The summed E-state index contributed by atoms with van der Waals surface area (Å²) in [7, 11) is 0. The molecule has 0 spiro atoms. The van der Waals surface area contributed by atoms with Gasteiger partial charge in [0.05, 0.1) is 18.3 Å². The van der Waals surface area contributed by atoms with Crippen LogP contribution in [-0.4, -0.2) is 26.5 Å². The lowest BCUT2D eigenvalue weighted by atomic mass is 10.1. The average molecular weight is 340 g/mol. The number of rotatable bonds is 6. The minimum atomic E-state index is -0.777. The maximum atomic E-state index is 10.8. The van der Waals surface area contributed by atoms with Gasteiger partial charge >= 0.3 is 5.97 Å². The molecule has 0 aromatic carbocycles. The van der Waals surface area contributed by atoms with Crippen LogP contribution in [0.1, 0.15) is 31.0 Å². The summed E-state index contributed by atoms with van der Waals surface area (Å²) in [5.74, 6) is -0.777. The zero-order valence-electron chi connectivity index (χ0n) is 11.6. The number of hydrogen-bond donors (Lipinski definition) is 2. The van der Waals surface area contributed by atoms with Crippen LogP contribution in [-0.2, 0) is 11.3 Å². The number of aromatic nitrogens is 2. The van der Waals surface area contributed by atoms with Crippen molar-refractivity contribution in [3.63, 3.8) is 0 Å². The van der Waals surface area contributed by atoms with Crippen molar-refractivity contribution < 1.29 is 9.90 Å². The molecule has 108 valence electrons. The number of fused-ring (bicyclic) bond motifs is 1. The van der Waals surface area contributed by atoms with Crippen molar-refractivity contribution in [2.45, 2.75) is 39.3 Å². The first-order valence-electron chi connectivity index (χ1n) is 6.58. The lowest BCUT2D eigenvalue weighted by molar-refractivity contribution is -0.137. The molecule has 5 nitrogen and oxygen atoms in total. The van der Waals surface area contributed by atoms with Crippen LogP contribution in [0.3, 0.4) is 0 Å². The highest BCUT2D eigenvalue weighted by molar-refractivity contribution is 9.10. The summed E-state index contributed by atoms with van der Waals surface area (Å²) in [4.78, 5) is 15.2. The first kappa shape index (κ1) is 15.0. The van der Waals surface area contributed by atoms with Gasteiger partial charge in [0, 0.05) is 23.3 Å². The molecule has 2 aromatic rings. The number of carbonyl (C=O) groups is 1. The Bertz CT molecular complexity index is 624. The number of hydrogen-bond acceptors (Lipinski definition) is 3. The number of carboxylic acid groups (broad SMARTS) is 1. The van der Waals surface area contributed by atoms with Crippen LogP contribution in [0.25, 0.3) is 5.65 Å². The van der Waals surface area contributed by atoms with Crippen molar-refractivity contribution in [1.29, 1.82) is 0 Å². The second-order valence-corrected chi connectivity index (χ2v) is 5.78. The van der Waals surface area contributed by atoms with Gasteiger partial charge in [-0.2, -0.15) is 0 Å². The van der Waals surface area contributed by atoms with E-state index in [4.69, 9.17) is 5.11 Å². The highest BCUT2D eigenvalue weighted by atomic mass is 79.9. The molecule has 2 aromatic heterocycles. The maximum absolute atomic E-state index is 10.8. The van der Waals surface area contributed by atoms with E-state index in [0.29, 0.717) is 6.54 Å². The third-order valence-electron chi connectivity index (χ3n) is 3.32. The Morgan fingerprint density at radius 2 is 2.35 bits per heavy atom. The number of carboxylic acids is 1. The van der Waals surface area contributed by atoms with Crippen molar-refractivity contribution in [2.75, 3.05) is 0 Å². The summed E-state index contributed by atoms with van der Waals surface area (Å²) in [6.45, 7) is 4.60. The fraction of sp³-hybridized carbons (Fsp3) is 0.429. The molecule has 0 radical (unpaired) electrons. The van der Waals surface area contributed by atoms with E-state index in [1.165, 1.54) is 0 Å². The van der Waals surface area contributed by atoms with E-state index in [-0.39, 0.29) is 12.5 Å². The van der Waals surface area contributed by atoms with Crippen LogP contribution in [0.2, 0.25) is 0 Å². The molecular formula is C14H18BrN3O2. The molecule has 0 unspecified atom stereocenters. The van der Waals surface area contributed by atoms with Gasteiger partial charge in [0.1, 0.15) is 5.65 Å². The zero-order chi connectivity index (χ0) is 14.7. The predicted molar refractivity (Wildman–Crippen MR) is 80.8 cm³/mol. The molecule has 0 amide bonds. The van der Waals surface area contributed by atoms with Gasteiger partial charge in [0.2, 0.25) is 0 Å². The van der Waals surface area contributed by atoms with E-state index in [0.717, 1.165) is 27.8 Å². The Balaban J connectivity index is 2.16. The molecule has 20 heavy (non-hydrogen) atoms. The molecule has 2 heterocycles. The molecule has 0 aliphatic carbocycles. The van der Waals surface area contributed by atoms with Gasteiger partial charge in [-0.3, -0.25) is 4.79 Å². The third-order valence-corrected chi connectivity index (χ3v) is 3.75. The van der Waals surface area contributed by atoms with Crippen LogP contribution >= 0.6 is 15.9 Å². The number of nitrogens with one attached hydrogen (secondary N) is 1. The van der Waals surface area contributed by atoms with E-state index in [9.17, 15) is 4.79 Å². The Labute approximate surface area is 126 Å². The number of aliphatic carboxylic acids is 1. The Morgan fingerprint density at radius 3 is 3.00 bits per heavy atom. The van der Waals surface area contributed by atoms with Gasteiger partial charge in [0.15, 0.2) is 0 Å². The van der Waals surface area contributed by atoms with Crippen LogP contribution < -0.4 is 5.32 Å². The third kappa shape index (κ3) is 3.37. The summed E-state index contributed by atoms with van der Waals surface area (Å²) in [6, 6.07) is 2.00. The van der Waals surface area contributed by atoms with E-state index in [1.54, 1.807) is 0 Å². The molecule has 0 saturated carbocycles. The minimum absolute atomic E-state index is 0.0219. The first-order valence-corrected chi connectivity index (χ1v) is 7.37. The van der Waals surface area contributed by atoms with E-state index in [1.807, 2.05) is 36.7 Å². The van der Waals surface area contributed by atoms with Gasteiger partial charge in [-0.25, -0.2) is 4.98 Å². The lowest BCUT2D eigenvalue weighted by Crippen LogP contribution is -2.30. The second kappa shape index (κ2) is 6.37. The number of aryl methyl sites for hydroxylation is 1. The topological polar surface area (TPSA) is 66.6 Å². The van der Waals surface area contributed by atoms with Gasteiger partial charge in [-0.1, -0.05) is 6.92 Å². The number of nitrogens with zero attached hydrogens (tertiary/aromatic N) is 2. The summed E-state index contributed by atoms with van der Waals surface area (Å²) in [5.41, 5.74) is 3.05. The molecule has 2 rings (SSSR count). The van der Waals surface area contributed by atoms with Crippen molar-refractivity contribution in [3.8, 4) is 0 Å². The highest BCUT2D eigenvalue weighted by Gasteiger charge is 2.12. The van der Waals surface area contributed by atoms with Crippen molar-refractivity contribution in [2.24, 2.45) is 0 Å². The van der Waals surface area contributed by atoms with Crippen LogP contribution in [0.15, 0.2) is 22.9 Å². The predicted octanol–water partition coefficient (Wildman–Crippen LogP) is 2.75. The Morgan fingerprint density at radius 1 is 1.60 bits per heavy atom. The van der Waals surface area contributed by atoms with Crippen molar-refractivity contribution in [1.82, 2.24) is 14.7 Å². The number of imidazole rings is 1. The quantitative estimate of drug-likeness (QED) is 0.849. The summed E-state index contributed by atoms with van der Waals surface area (Å²) in [5, 5.41) is 12.1. The highest BCUT2D eigenvalue weighted by Crippen LogP contribution is 2.18. The molecule has 0 aliphatic heterocycles. The molecule has 0 fully saturated rings. The lowest BCUT2D eigenvalue weighted by Gasteiger charge is -2.14. The van der Waals surface area contributed by atoms with E-state index in [2.05, 4.69) is 26.2 Å². The number of halogens is 1. The molecule has 0 saturated heterocycles. The second-order valence-electron chi connectivity index (χ2n) is 4.87. The molecule has 0 aliphatic rings. The van der Waals surface area contributed by atoms with Crippen LogP contribution in [0, 0.1) is 6.92 Å². The summed E-state index contributed by atoms with van der Waals surface area (Å²) in [6.07, 6.45) is 4.72. The van der Waals surface area contributed by atoms with Crippen molar-refractivity contribution >= 4 is 27.5 Å². The summed E-state index contributed by atoms with van der Waals surface area (Å²) >= 11 is 3.48. The molecule has 6 heteroatoms. The van der Waals surface area contributed by atoms with E-state index < -0.39 is 5.97 Å². The standard InChI is InChI=1S/C14H18BrN3O2/c1-3-11(5-13(19)20)16-6-12-7-17-14-9(2)4-10(15)8-18(12)14/h4,7-8,11,16H,3,5-6H2,1-2H3,(H,19,20)/t11-/m0/s1. The fourth-order valence-electron chi connectivity index (χ4n) is 2.22. The number of pyridine rings is 1. The zero-order valence-corrected chi connectivity index (χ0v) is 13.1. The van der Waals surface area contributed by atoms with Gasteiger partial charge < -0.3 is 14.8 Å². The molecule has 1 atom stereocenters. The van der Waals surface area contributed by atoms with Gasteiger partial charge in [0.25, 0.3) is 0 Å². The first-order chi connectivity index (χ1) is 9.51. The molecule has 0 bridgehead atoms. The average Bonchev–Trinajstić information content (AvgIpc) is 2.77. The Hall–Kier alpha value is -1.40. The normalized spacial score (nSPS) is 12.8.